The van der Waals surface area contributed by atoms with Crippen LogP contribution in [0.2, 0.25) is 0 Å². The van der Waals surface area contributed by atoms with Gasteiger partial charge in [0.25, 0.3) is 0 Å². The molecular weight excluding hydrogens is 388 g/mol. The minimum Gasteiger partial charge on any atom is -0.497 e. The van der Waals surface area contributed by atoms with Crippen molar-refractivity contribution in [2.75, 3.05) is 20.7 Å². The number of hydrogen-bond acceptors (Lipinski definition) is 4. The first-order valence-electron chi connectivity index (χ1n) is 9.33. The first-order chi connectivity index (χ1) is 13.6. The number of benzene rings is 2. The fourth-order valence-electron chi connectivity index (χ4n) is 2.85. The van der Waals surface area contributed by atoms with Gasteiger partial charge in [-0.1, -0.05) is 18.2 Å². The summed E-state index contributed by atoms with van der Waals surface area (Å²) in [5.74, 6) is 0.760. The Kier molecular flexibility index (Phi) is 8.24. The van der Waals surface area contributed by atoms with Crippen LogP contribution in [0.5, 0.6) is 5.75 Å². The maximum Gasteiger partial charge on any atom is 0.224 e. The molecule has 2 N–H and O–H groups in total. The summed E-state index contributed by atoms with van der Waals surface area (Å²) in [6.07, 6.45) is 2.20. The number of para-hydroxylation sites is 1. The van der Waals surface area contributed by atoms with Crippen LogP contribution >= 0.6 is 12.4 Å². The van der Waals surface area contributed by atoms with E-state index in [-0.39, 0.29) is 30.8 Å². The van der Waals surface area contributed by atoms with Crippen LogP contribution in [0, 0.1) is 0 Å². The zero-order valence-corrected chi connectivity index (χ0v) is 17.7. The number of likely N-dealkylation sites (N-methyl/N-ethyl adjacent to an activating group) is 1. The van der Waals surface area contributed by atoms with Crippen molar-refractivity contribution in [3.63, 3.8) is 0 Å². The van der Waals surface area contributed by atoms with Gasteiger partial charge in [0.05, 0.1) is 24.9 Å². The summed E-state index contributed by atoms with van der Waals surface area (Å²) < 4.78 is 7.06. The quantitative estimate of drug-likeness (QED) is 0.593. The first-order valence-corrected chi connectivity index (χ1v) is 9.33. The molecule has 1 unspecified atom stereocenters. The van der Waals surface area contributed by atoms with E-state index < -0.39 is 0 Å². The molecule has 0 spiro atoms. The molecule has 0 radical (unpaired) electrons. The Morgan fingerprint density at radius 1 is 1.14 bits per heavy atom. The third-order valence-electron chi connectivity index (χ3n) is 4.62. The van der Waals surface area contributed by atoms with Gasteiger partial charge in [0, 0.05) is 29.9 Å². The number of halogens is 1. The highest BCUT2D eigenvalue weighted by Crippen LogP contribution is 2.26. The van der Waals surface area contributed by atoms with E-state index >= 15 is 0 Å². The number of carbonyl (C=O) groups is 1. The van der Waals surface area contributed by atoms with Crippen molar-refractivity contribution < 1.29 is 9.53 Å². The molecule has 2 aromatic carbocycles. The van der Waals surface area contributed by atoms with E-state index in [1.165, 1.54) is 0 Å². The molecule has 0 bridgehead atoms. The van der Waals surface area contributed by atoms with Crippen molar-refractivity contribution in [2.45, 2.75) is 19.4 Å². The van der Waals surface area contributed by atoms with Crippen molar-refractivity contribution in [1.82, 2.24) is 20.4 Å². The summed E-state index contributed by atoms with van der Waals surface area (Å²) in [4.78, 5) is 12.5. The fraction of sp³-hybridized carbons (Fsp3) is 0.273. The predicted octanol–water partition coefficient (Wildman–Crippen LogP) is 3.24. The lowest BCUT2D eigenvalue weighted by Crippen LogP contribution is -2.37. The number of carbonyl (C=O) groups excluding carboxylic acids is 1. The lowest BCUT2D eigenvalue weighted by atomic mass is 10.1. The second kappa shape index (κ2) is 10.6. The second-order valence-corrected chi connectivity index (χ2v) is 6.68. The van der Waals surface area contributed by atoms with Gasteiger partial charge in [0.2, 0.25) is 5.91 Å². The van der Waals surface area contributed by atoms with Crippen LogP contribution in [0.25, 0.3) is 16.9 Å². The summed E-state index contributed by atoms with van der Waals surface area (Å²) in [5.41, 5.74) is 3.57. The van der Waals surface area contributed by atoms with Crippen LogP contribution in [0.4, 0.5) is 0 Å². The van der Waals surface area contributed by atoms with E-state index in [0.29, 0.717) is 6.54 Å². The summed E-state index contributed by atoms with van der Waals surface area (Å²) in [7, 11) is 3.52. The Hall–Kier alpha value is -2.83. The van der Waals surface area contributed by atoms with Gasteiger partial charge in [-0.15, -0.1) is 12.4 Å². The number of rotatable bonds is 8. The van der Waals surface area contributed by atoms with E-state index in [4.69, 9.17) is 9.84 Å². The number of hydrogen-bond donors (Lipinski definition) is 2. The molecule has 3 aromatic rings. The number of aromatic nitrogens is 2. The van der Waals surface area contributed by atoms with Gasteiger partial charge >= 0.3 is 0 Å². The number of methoxy groups -OCH3 is 1. The molecule has 0 fully saturated rings. The average molecular weight is 415 g/mol. The highest BCUT2D eigenvalue weighted by Gasteiger charge is 2.16. The highest BCUT2D eigenvalue weighted by molar-refractivity contribution is 5.85. The average Bonchev–Trinajstić information content (AvgIpc) is 3.16. The molecule has 7 heteroatoms. The molecule has 1 amide bonds. The van der Waals surface area contributed by atoms with Crippen molar-refractivity contribution in [3.05, 3.63) is 66.4 Å². The summed E-state index contributed by atoms with van der Waals surface area (Å²) in [6, 6.07) is 17.8. The van der Waals surface area contributed by atoms with Crippen molar-refractivity contribution in [3.8, 4) is 22.7 Å². The van der Waals surface area contributed by atoms with Crippen LogP contribution in [-0.4, -0.2) is 42.4 Å². The van der Waals surface area contributed by atoms with Gasteiger partial charge in [0.15, 0.2) is 0 Å². The first kappa shape index (κ1) is 22.5. The van der Waals surface area contributed by atoms with Crippen LogP contribution in [-0.2, 0) is 11.2 Å². The minimum absolute atomic E-state index is 0. The molecule has 1 aromatic heterocycles. The van der Waals surface area contributed by atoms with E-state index in [1.54, 1.807) is 7.11 Å². The SMILES string of the molecule is CNC(C)CNC(=O)Cc1cn(-c2ccccc2)nc1-c1ccc(OC)cc1.Cl. The maximum atomic E-state index is 12.5. The maximum absolute atomic E-state index is 12.5. The zero-order valence-electron chi connectivity index (χ0n) is 16.9. The number of amides is 1. The number of ether oxygens (including phenoxy) is 1. The van der Waals surface area contributed by atoms with Gasteiger partial charge in [0.1, 0.15) is 5.75 Å². The Bertz CT molecular complexity index is 910. The van der Waals surface area contributed by atoms with Crippen LogP contribution in [0.15, 0.2) is 60.8 Å². The molecule has 1 atom stereocenters. The van der Waals surface area contributed by atoms with Crippen LogP contribution in [0.3, 0.4) is 0 Å². The molecule has 0 saturated carbocycles. The third kappa shape index (κ3) is 5.82. The lowest BCUT2D eigenvalue weighted by Gasteiger charge is -2.11. The van der Waals surface area contributed by atoms with Crippen molar-refractivity contribution >= 4 is 18.3 Å². The molecule has 1 heterocycles. The fourth-order valence-corrected chi connectivity index (χ4v) is 2.85. The minimum atomic E-state index is -0.0236. The van der Waals surface area contributed by atoms with Crippen molar-refractivity contribution in [2.24, 2.45) is 0 Å². The van der Waals surface area contributed by atoms with Gasteiger partial charge in [-0.25, -0.2) is 4.68 Å². The van der Waals surface area contributed by atoms with Crippen LogP contribution in [0.1, 0.15) is 12.5 Å². The van der Waals surface area contributed by atoms with Gasteiger partial charge in [-0.2, -0.15) is 5.10 Å². The number of nitrogens with zero attached hydrogens (tertiary/aromatic N) is 2. The largest absolute Gasteiger partial charge is 0.497 e. The summed E-state index contributed by atoms with van der Waals surface area (Å²) in [5, 5.41) is 10.8. The normalized spacial score (nSPS) is 11.4. The van der Waals surface area contributed by atoms with Gasteiger partial charge in [-0.05, 0) is 50.4 Å². The molecule has 154 valence electrons. The van der Waals surface area contributed by atoms with Crippen molar-refractivity contribution in [1.29, 1.82) is 0 Å². The van der Waals surface area contributed by atoms with E-state index in [2.05, 4.69) is 10.6 Å². The topological polar surface area (TPSA) is 68.2 Å². The Morgan fingerprint density at radius 3 is 2.45 bits per heavy atom. The highest BCUT2D eigenvalue weighted by atomic mass is 35.5. The summed E-state index contributed by atoms with van der Waals surface area (Å²) in [6.45, 7) is 2.61. The molecule has 3 rings (SSSR count). The standard InChI is InChI=1S/C22H26N4O2.ClH/c1-16(23-2)14-24-21(27)13-18-15-26(19-7-5-4-6-8-19)25-22(18)17-9-11-20(28-3)12-10-17;/h4-12,15-16,23H,13-14H2,1-3H3,(H,24,27);1H. The second-order valence-electron chi connectivity index (χ2n) is 6.68. The molecule has 29 heavy (non-hydrogen) atoms. The Balaban J connectivity index is 0.00000300. The predicted molar refractivity (Wildman–Crippen MR) is 118 cm³/mol. The zero-order chi connectivity index (χ0) is 19.9. The summed E-state index contributed by atoms with van der Waals surface area (Å²) >= 11 is 0. The van der Waals surface area contributed by atoms with Gasteiger partial charge < -0.3 is 15.4 Å². The monoisotopic (exact) mass is 414 g/mol. The smallest absolute Gasteiger partial charge is 0.224 e. The molecule has 0 aliphatic carbocycles. The molecule has 6 nitrogen and oxygen atoms in total. The van der Waals surface area contributed by atoms with E-state index in [0.717, 1.165) is 28.3 Å². The van der Waals surface area contributed by atoms with Crippen LogP contribution < -0.4 is 15.4 Å². The van der Waals surface area contributed by atoms with Gasteiger partial charge in [-0.3, -0.25) is 4.79 Å². The van der Waals surface area contributed by atoms with E-state index in [9.17, 15) is 4.79 Å². The molecular formula is C22H27ClN4O2. The molecule has 0 aliphatic rings. The Morgan fingerprint density at radius 2 is 1.83 bits per heavy atom. The molecule has 0 aliphatic heterocycles. The lowest BCUT2D eigenvalue weighted by molar-refractivity contribution is -0.120. The Labute approximate surface area is 177 Å². The molecule has 0 saturated heterocycles. The van der Waals surface area contributed by atoms with E-state index in [1.807, 2.05) is 79.4 Å². The number of nitrogens with one attached hydrogen (secondary N) is 2. The third-order valence-corrected chi connectivity index (χ3v) is 4.62.